The van der Waals surface area contributed by atoms with Crippen molar-refractivity contribution < 1.29 is 22.7 Å². The maximum atomic E-state index is 12.7. The van der Waals surface area contributed by atoms with Crippen LogP contribution in [0.4, 0.5) is 13.2 Å². The summed E-state index contributed by atoms with van der Waals surface area (Å²) < 4.78 is 43.0. The molecule has 1 N–H and O–H groups in total. The van der Waals surface area contributed by atoms with Gasteiger partial charge in [0, 0.05) is 0 Å². The second-order valence-corrected chi connectivity index (χ2v) is 4.49. The van der Waals surface area contributed by atoms with Crippen LogP contribution in [0.5, 0.6) is 5.75 Å². The number of hydrogen-bond acceptors (Lipinski definition) is 3. The molecule has 0 saturated carbocycles. The maximum absolute atomic E-state index is 12.7. The third kappa shape index (κ3) is 3.26. The first-order valence-corrected chi connectivity index (χ1v) is 6.04. The normalized spacial score (nSPS) is 17.2. The quantitative estimate of drug-likeness (QED) is 0.860. The Bertz CT molecular complexity index is 454. The molecule has 1 aromatic rings. The Balaban J connectivity index is 2.37. The lowest BCUT2D eigenvalue weighted by Gasteiger charge is -2.25. The van der Waals surface area contributed by atoms with Crippen LogP contribution in [0.25, 0.3) is 0 Å². The van der Waals surface area contributed by atoms with Gasteiger partial charge in [0.2, 0.25) is 0 Å². The highest BCUT2D eigenvalue weighted by molar-refractivity contribution is 5.50. The molecule has 6 heteroatoms. The van der Waals surface area contributed by atoms with E-state index in [0.29, 0.717) is 5.56 Å². The van der Waals surface area contributed by atoms with Crippen molar-refractivity contribution in [2.24, 2.45) is 0 Å². The topological polar surface area (TPSA) is 38.3 Å². The zero-order valence-electron chi connectivity index (χ0n) is 10.2. The van der Waals surface area contributed by atoms with Crippen molar-refractivity contribution in [3.8, 4) is 5.75 Å². The minimum Gasteiger partial charge on any atom is -0.428 e. The molecule has 1 aliphatic rings. The molecule has 0 amide bonds. The molecular formula is C13H14F3NO2. The van der Waals surface area contributed by atoms with Gasteiger partial charge in [-0.15, -0.1) is 0 Å². The minimum atomic E-state index is -4.39. The van der Waals surface area contributed by atoms with Gasteiger partial charge >= 0.3 is 6.18 Å². The monoisotopic (exact) mass is 273 g/mol. The Morgan fingerprint density at radius 1 is 1.26 bits per heavy atom. The number of halogens is 3. The SMILES string of the molecule is O=COc1ccc(C(F)(F)F)cc1C1CCNCC1. The number of carbonyl (C=O) groups excluding carboxylic acids is 1. The van der Waals surface area contributed by atoms with Crippen LogP contribution in [0.3, 0.4) is 0 Å². The molecule has 0 unspecified atom stereocenters. The molecule has 0 bridgehead atoms. The lowest BCUT2D eigenvalue weighted by molar-refractivity contribution is -0.137. The second-order valence-electron chi connectivity index (χ2n) is 4.49. The number of hydrogen-bond donors (Lipinski definition) is 1. The van der Waals surface area contributed by atoms with Gasteiger partial charge in [-0.1, -0.05) is 0 Å². The zero-order chi connectivity index (χ0) is 13.9. The van der Waals surface area contributed by atoms with Crippen LogP contribution in [0.2, 0.25) is 0 Å². The number of benzene rings is 1. The van der Waals surface area contributed by atoms with Crippen molar-refractivity contribution in [3.05, 3.63) is 29.3 Å². The molecule has 0 aliphatic carbocycles. The zero-order valence-corrected chi connectivity index (χ0v) is 10.2. The molecule has 1 heterocycles. The van der Waals surface area contributed by atoms with E-state index in [1.54, 1.807) is 0 Å². The smallest absolute Gasteiger partial charge is 0.416 e. The van der Waals surface area contributed by atoms with E-state index in [0.717, 1.165) is 38.1 Å². The first-order chi connectivity index (χ1) is 9.02. The van der Waals surface area contributed by atoms with Gasteiger partial charge in [0.25, 0.3) is 6.47 Å². The summed E-state index contributed by atoms with van der Waals surface area (Å²) >= 11 is 0. The molecule has 1 saturated heterocycles. The van der Waals surface area contributed by atoms with Gasteiger partial charge in [-0.2, -0.15) is 13.2 Å². The largest absolute Gasteiger partial charge is 0.428 e. The third-order valence-electron chi connectivity index (χ3n) is 3.29. The summed E-state index contributed by atoms with van der Waals surface area (Å²) in [6, 6.07) is 3.24. The van der Waals surface area contributed by atoms with E-state index in [9.17, 15) is 18.0 Å². The third-order valence-corrected chi connectivity index (χ3v) is 3.29. The van der Waals surface area contributed by atoms with Gasteiger partial charge in [-0.25, -0.2) is 0 Å². The predicted octanol–water partition coefficient (Wildman–Crippen LogP) is 2.71. The molecule has 1 aromatic carbocycles. The number of ether oxygens (including phenoxy) is 1. The van der Waals surface area contributed by atoms with Crippen molar-refractivity contribution in [1.82, 2.24) is 5.32 Å². The van der Waals surface area contributed by atoms with E-state index in [4.69, 9.17) is 4.74 Å². The van der Waals surface area contributed by atoms with Crippen molar-refractivity contribution in [2.75, 3.05) is 13.1 Å². The summed E-state index contributed by atoms with van der Waals surface area (Å²) in [6.07, 6.45) is -2.92. The Hall–Kier alpha value is -1.56. The Labute approximate surface area is 108 Å². The van der Waals surface area contributed by atoms with E-state index >= 15 is 0 Å². The minimum absolute atomic E-state index is 0.0153. The van der Waals surface area contributed by atoms with Crippen molar-refractivity contribution in [2.45, 2.75) is 24.9 Å². The predicted molar refractivity (Wildman–Crippen MR) is 63.0 cm³/mol. The van der Waals surface area contributed by atoms with Crippen molar-refractivity contribution >= 4 is 6.47 Å². The summed E-state index contributed by atoms with van der Waals surface area (Å²) in [4.78, 5) is 10.4. The fraction of sp³-hybridized carbons (Fsp3) is 0.462. The van der Waals surface area contributed by atoms with Gasteiger partial charge in [0.1, 0.15) is 5.75 Å². The fourth-order valence-electron chi connectivity index (χ4n) is 2.34. The maximum Gasteiger partial charge on any atom is 0.416 e. The van der Waals surface area contributed by atoms with E-state index in [1.165, 1.54) is 6.07 Å². The van der Waals surface area contributed by atoms with E-state index in [-0.39, 0.29) is 18.1 Å². The fourth-order valence-corrected chi connectivity index (χ4v) is 2.34. The van der Waals surface area contributed by atoms with Gasteiger partial charge in [0.15, 0.2) is 0 Å². The summed E-state index contributed by atoms with van der Waals surface area (Å²) in [5.41, 5.74) is -0.247. The molecule has 2 rings (SSSR count). The summed E-state index contributed by atoms with van der Waals surface area (Å²) in [6.45, 7) is 1.75. The highest BCUT2D eigenvalue weighted by atomic mass is 19.4. The van der Waals surface area contributed by atoms with Crippen molar-refractivity contribution in [3.63, 3.8) is 0 Å². The van der Waals surface area contributed by atoms with Crippen molar-refractivity contribution in [1.29, 1.82) is 0 Å². The Morgan fingerprint density at radius 2 is 1.95 bits per heavy atom. The van der Waals surface area contributed by atoms with E-state index < -0.39 is 11.7 Å². The molecule has 3 nitrogen and oxygen atoms in total. The molecule has 1 aliphatic heterocycles. The molecule has 104 valence electrons. The first-order valence-electron chi connectivity index (χ1n) is 6.04. The average molecular weight is 273 g/mol. The van der Waals surface area contributed by atoms with Gasteiger partial charge in [-0.05, 0) is 55.6 Å². The number of carbonyl (C=O) groups is 1. The molecule has 1 fully saturated rings. The summed E-state index contributed by atoms with van der Waals surface area (Å²) in [5, 5.41) is 3.15. The van der Waals surface area contributed by atoms with Crippen LogP contribution >= 0.6 is 0 Å². The van der Waals surface area contributed by atoms with Gasteiger partial charge < -0.3 is 10.1 Å². The van der Waals surface area contributed by atoms with Gasteiger partial charge in [0.05, 0.1) is 5.56 Å². The highest BCUT2D eigenvalue weighted by Crippen LogP contribution is 2.37. The second kappa shape index (κ2) is 5.61. The number of piperidine rings is 1. The van der Waals surface area contributed by atoms with Crippen LogP contribution < -0.4 is 10.1 Å². The van der Waals surface area contributed by atoms with E-state index in [2.05, 4.69) is 5.32 Å². The Morgan fingerprint density at radius 3 is 2.53 bits per heavy atom. The van der Waals surface area contributed by atoms with Crippen LogP contribution in [0, 0.1) is 0 Å². The Kier molecular flexibility index (Phi) is 4.09. The number of nitrogens with one attached hydrogen (secondary N) is 1. The summed E-state index contributed by atoms with van der Waals surface area (Å²) in [5.74, 6) is 0.202. The molecule has 0 radical (unpaired) electrons. The lowest BCUT2D eigenvalue weighted by atomic mass is 9.88. The van der Waals surface area contributed by atoms with E-state index in [1.807, 2.05) is 0 Å². The van der Waals surface area contributed by atoms with Crippen LogP contribution in [0.15, 0.2) is 18.2 Å². The van der Waals surface area contributed by atoms with Crippen LogP contribution in [0.1, 0.15) is 29.9 Å². The van der Waals surface area contributed by atoms with Crippen LogP contribution in [-0.2, 0) is 11.0 Å². The van der Waals surface area contributed by atoms with Crippen LogP contribution in [-0.4, -0.2) is 19.6 Å². The molecule has 0 spiro atoms. The summed E-state index contributed by atoms with van der Waals surface area (Å²) in [7, 11) is 0. The average Bonchev–Trinajstić information content (AvgIpc) is 2.39. The molecule has 0 atom stereocenters. The molecular weight excluding hydrogens is 259 g/mol. The highest BCUT2D eigenvalue weighted by Gasteiger charge is 2.32. The molecule has 19 heavy (non-hydrogen) atoms. The molecule has 0 aromatic heterocycles. The number of alkyl halides is 3. The van der Waals surface area contributed by atoms with Gasteiger partial charge in [-0.3, -0.25) is 4.79 Å². The standard InChI is InChI=1S/C13H14F3NO2/c14-13(15,16)10-1-2-12(19-8-18)11(7-10)9-3-5-17-6-4-9/h1-2,7-9,17H,3-6H2. The number of rotatable bonds is 3. The first kappa shape index (κ1) is 13.9. The lowest BCUT2D eigenvalue weighted by Crippen LogP contribution is -2.27.